The van der Waals surface area contributed by atoms with E-state index in [1.165, 1.54) is 6.07 Å². The summed E-state index contributed by atoms with van der Waals surface area (Å²) in [4.78, 5) is 25.9. The van der Waals surface area contributed by atoms with Crippen molar-refractivity contribution in [1.29, 1.82) is 0 Å². The van der Waals surface area contributed by atoms with Gasteiger partial charge in [-0.05, 0) is 12.1 Å². The molecule has 0 amide bonds. The normalized spacial score (nSPS) is 11.7. The molecule has 1 heterocycles. The molecule has 0 saturated carbocycles. The standard InChI is InChI=1S/C13H11NO5.2C4H11NO3/c15-11(16)13(19,12(17)18)7-9-6-5-8-3-1-2-4-10(8)14-9;2*5-4(1-6,2-7)3-8/h1-6,19H,7H2,(H,15,16)(H,17,18);2*6-8H,1-3,5H2. The quantitative estimate of drug-likeness (QED) is 0.138. The van der Waals surface area contributed by atoms with Gasteiger partial charge in [-0.25, -0.2) is 9.59 Å². The number of benzene rings is 1. The molecule has 0 bridgehead atoms. The van der Waals surface area contributed by atoms with E-state index in [9.17, 15) is 14.7 Å². The Morgan fingerprint density at radius 3 is 1.46 bits per heavy atom. The van der Waals surface area contributed by atoms with E-state index in [2.05, 4.69) is 4.98 Å². The zero-order valence-corrected chi connectivity index (χ0v) is 18.9. The van der Waals surface area contributed by atoms with Crippen LogP contribution in [0.3, 0.4) is 0 Å². The summed E-state index contributed by atoms with van der Waals surface area (Å²) in [6.07, 6.45) is -0.595. The maximum absolute atomic E-state index is 10.9. The molecule has 0 aliphatic carbocycles. The number of hydrogen-bond donors (Lipinski definition) is 11. The second-order valence-electron chi connectivity index (χ2n) is 7.82. The first-order valence-electron chi connectivity index (χ1n) is 10.1. The molecule has 35 heavy (non-hydrogen) atoms. The van der Waals surface area contributed by atoms with Crippen LogP contribution < -0.4 is 11.5 Å². The highest BCUT2D eigenvalue weighted by Gasteiger charge is 2.45. The summed E-state index contributed by atoms with van der Waals surface area (Å²) in [5.41, 5.74) is 5.82. The highest BCUT2D eigenvalue weighted by molar-refractivity contribution is 6.01. The predicted molar refractivity (Wildman–Crippen MR) is 122 cm³/mol. The number of rotatable bonds is 10. The van der Waals surface area contributed by atoms with Crippen LogP contribution in [0, 0.1) is 0 Å². The minimum atomic E-state index is -2.87. The molecule has 0 aliphatic heterocycles. The van der Waals surface area contributed by atoms with Crippen molar-refractivity contribution in [2.45, 2.75) is 23.1 Å². The third kappa shape index (κ3) is 9.77. The van der Waals surface area contributed by atoms with Gasteiger partial charge in [0.05, 0.1) is 56.2 Å². The molecule has 0 spiro atoms. The lowest BCUT2D eigenvalue weighted by Gasteiger charge is -2.20. The van der Waals surface area contributed by atoms with Crippen molar-refractivity contribution in [3.63, 3.8) is 0 Å². The number of aliphatic carboxylic acids is 2. The number of aromatic nitrogens is 1. The average molecular weight is 504 g/mol. The molecule has 14 nitrogen and oxygen atoms in total. The summed E-state index contributed by atoms with van der Waals surface area (Å²) in [6.45, 7) is -2.42. The Hall–Kier alpha value is -2.79. The van der Waals surface area contributed by atoms with Crippen LogP contribution >= 0.6 is 0 Å². The number of aliphatic hydroxyl groups excluding tert-OH is 6. The second-order valence-corrected chi connectivity index (χ2v) is 7.82. The van der Waals surface area contributed by atoms with Crippen molar-refractivity contribution in [2.24, 2.45) is 11.5 Å². The van der Waals surface area contributed by atoms with E-state index in [1.54, 1.807) is 18.2 Å². The Morgan fingerprint density at radius 2 is 1.11 bits per heavy atom. The lowest BCUT2D eigenvalue weighted by molar-refractivity contribution is -0.175. The van der Waals surface area contributed by atoms with Gasteiger partial charge in [-0.3, -0.25) is 4.98 Å². The van der Waals surface area contributed by atoms with Crippen LogP contribution in [0.1, 0.15) is 5.69 Å². The van der Waals surface area contributed by atoms with Crippen molar-refractivity contribution in [1.82, 2.24) is 4.98 Å². The molecule has 0 atom stereocenters. The Labute approximate surface area is 200 Å². The third-order valence-corrected chi connectivity index (χ3v) is 4.69. The summed E-state index contributed by atoms with van der Waals surface area (Å²) in [7, 11) is 0. The lowest BCUT2D eigenvalue weighted by Crippen LogP contribution is -2.50. The van der Waals surface area contributed by atoms with Crippen molar-refractivity contribution in [3.8, 4) is 0 Å². The van der Waals surface area contributed by atoms with E-state index in [1.807, 2.05) is 12.1 Å². The zero-order chi connectivity index (χ0) is 27.3. The topological polar surface area (TPSA) is 281 Å². The largest absolute Gasteiger partial charge is 0.479 e. The van der Waals surface area contributed by atoms with Gasteiger partial charge in [0.2, 0.25) is 0 Å². The summed E-state index contributed by atoms with van der Waals surface area (Å²) >= 11 is 0. The third-order valence-electron chi connectivity index (χ3n) is 4.69. The summed E-state index contributed by atoms with van der Waals surface area (Å²) in [6, 6.07) is 10.3. The first-order chi connectivity index (χ1) is 16.3. The van der Waals surface area contributed by atoms with Gasteiger partial charge in [0, 0.05) is 17.5 Å². The second kappa shape index (κ2) is 14.6. The van der Waals surface area contributed by atoms with Crippen LogP contribution in [0.2, 0.25) is 0 Å². The number of nitrogens with zero attached hydrogens (tertiary/aromatic N) is 1. The van der Waals surface area contributed by atoms with Gasteiger partial charge in [0.1, 0.15) is 0 Å². The van der Waals surface area contributed by atoms with Gasteiger partial charge in [0.25, 0.3) is 5.60 Å². The lowest BCUT2D eigenvalue weighted by atomic mass is 9.97. The number of nitrogens with two attached hydrogens (primary N) is 2. The van der Waals surface area contributed by atoms with Crippen molar-refractivity contribution < 1.29 is 55.5 Å². The molecule has 13 N–H and O–H groups in total. The van der Waals surface area contributed by atoms with Crippen molar-refractivity contribution >= 4 is 22.8 Å². The summed E-state index contributed by atoms with van der Waals surface area (Å²) in [5.74, 6) is -3.62. The van der Waals surface area contributed by atoms with Crippen LogP contribution in [-0.4, -0.2) is 119 Å². The number of carboxylic acid groups (broad SMARTS) is 2. The Morgan fingerprint density at radius 1 is 0.714 bits per heavy atom. The van der Waals surface area contributed by atoms with E-state index in [-0.39, 0.29) is 5.69 Å². The molecule has 1 aromatic carbocycles. The van der Waals surface area contributed by atoms with E-state index in [0.29, 0.717) is 5.52 Å². The van der Waals surface area contributed by atoms with E-state index < -0.39 is 74.7 Å². The first-order valence-corrected chi connectivity index (χ1v) is 10.1. The zero-order valence-electron chi connectivity index (χ0n) is 18.9. The minimum absolute atomic E-state index is 0.200. The first kappa shape index (κ1) is 32.2. The van der Waals surface area contributed by atoms with E-state index >= 15 is 0 Å². The molecular weight excluding hydrogens is 470 g/mol. The number of carbonyl (C=O) groups is 2. The highest BCUT2D eigenvalue weighted by atomic mass is 16.4. The van der Waals surface area contributed by atoms with Crippen LogP contribution in [0.25, 0.3) is 10.9 Å². The molecule has 0 aliphatic rings. The fourth-order valence-electron chi connectivity index (χ4n) is 2.01. The predicted octanol–water partition coefficient (Wildman–Crippen LogP) is -4.00. The van der Waals surface area contributed by atoms with Gasteiger partial charge in [0.15, 0.2) is 0 Å². The summed E-state index contributed by atoms with van der Waals surface area (Å²) < 4.78 is 0. The highest BCUT2D eigenvalue weighted by Crippen LogP contribution is 2.17. The average Bonchev–Trinajstić information content (AvgIpc) is 2.88. The Kier molecular flexibility index (Phi) is 13.4. The molecule has 198 valence electrons. The van der Waals surface area contributed by atoms with Gasteiger partial charge >= 0.3 is 11.9 Å². The minimum Gasteiger partial charge on any atom is -0.479 e. The fourth-order valence-corrected chi connectivity index (χ4v) is 2.01. The fraction of sp³-hybridized carbons (Fsp3) is 0.476. The van der Waals surface area contributed by atoms with Crippen LogP contribution in [-0.2, 0) is 16.0 Å². The number of hydrogen-bond acceptors (Lipinski definition) is 12. The number of fused-ring (bicyclic) bond motifs is 1. The molecular formula is C21H33N3O11. The van der Waals surface area contributed by atoms with Crippen LogP contribution in [0.5, 0.6) is 0 Å². The van der Waals surface area contributed by atoms with Crippen LogP contribution in [0.4, 0.5) is 0 Å². The number of pyridine rings is 1. The van der Waals surface area contributed by atoms with Crippen LogP contribution in [0.15, 0.2) is 36.4 Å². The molecule has 0 unspecified atom stereocenters. The van der Waals surface area contributed by atoms with Gasteiger partial charge in [-0.15, -0.1) is 0 Å². The molecule has 0 fully saturated rings. The van der Waals surface area contributed by atoms with Gasteiger partial charge in [-0.1, -0.05) is 24.3 Å². The van der Waals surface area contributed by atoms with Gasteiger partial charge in [-0.2, -0.15) is 0 Å². The smallest absolute Gasteiger partial charge is 0.348 e. The molecule has 14 heteroatoms. The molecule has 1 aromatic heterocycles. The maximum Gasteiger partial charge on any atom is 0.348 e. The van der Waals surface area contributed by atoms with Gasteiger partial charge < -0.3 is 57.4 Å². The molecule has 2 aromatic rings. The monoisotopic (exact) mass is 503 g/mol. The molecule has 0 radical (unpaired) electrons. The summed E-state index contributed by atoms with van der Waals surface area (Å²) in [5, 5.41) is 78.2. The number of carboxylic acids is 2. The SMILES string of the molecule is NC(CO)(CO)CO.NC(CO)(CO)CO.O=C(O)C(O)(Cc1ccc2ccccc2n1)C(=O)O. The van der Waals surface area contributed by atoms with Crippen molar-refractivity contribution in [2.75, 3.05) is 39.6 Å². The number of aliphatic hydroxyl groups is 7. The Balaban J connectivity index is 0.000000601. The van der Waals surface area contributed by atoms with E-state index in [4.69, 9.17) is 52.3 Å². The number of para-hydroxylation sites is 1. The molecule has 0 saturated heterocycles. The Bertz CT molecular complexity index is 885. The molecule has 2 rings (SSSR count). The maximum atomic E-state index is 10.9. The van der Waals surface area contributed by atoms with E-state index in [0.717, 1.165) is 5.39 Å². The van der Waals surface area contributed by atoms with Crippen molar-refractivity contribution in [3.05, 3.63) is 42.1 Å².